The Morgan fingerprint density at radius 1 is 1.35 bits per heavy atom. The number of rotatable bonds is 3. The number of aromatic nitrogens is 2. The Balaban J connectivity index is 1.78. The Bertz CT molecular complexity index is 714. The summed E-state index contributed by atoms with van der Waals surface area (Å²) in [4.78, 5) is 12.4. The molecule has 0 spiro atoms. The van der Waals surface area contributed by atoms with Gasteiger partial charge in [0.05, 0.1) is 17.8 Å². The van der Waals surface area contributed by atoms with Crippen LogP contribution in [0, 0.1) is 12.7 Å². The van der Waals surface area contributed by atoms with Gasteiger partial charge in [-0.2, -0.15) is 5.10 Å². The van der Waals surface area contributed by atoms with E-state index in [1.165, 1.54) is 16.8 Å². The highest BCUT2D eigenvalue weighted by atomic mass is 19.1. The lowest BCUT2D eigenvalue weighted by Gasteiger charge is -2.27. The fraction of sp³-hybridized carbons (Fsp3) is 0.412. The minimum Gasteiger partial charge on any atom is -0.391 e. The fourth-order valence-corrected chi connectivity index (χ4v) is 2.98. The topological polar surface area (TPSA) is 67.2 Å². The number of halogens is 1. The number of carbonyl (C=O) groups is 1. The molecule has 1 saturated carbocycles. The molecule has 0 radical (unpaired) electrons. The van der Waals surface area contributed by atoms with Crippen LogP contribution in [0.5, 0.6) is 0 Å². The number of benzene rings is 1. The maximum Gasteiger partial charge on any atom is 0.272 e. The van der Waals surface area contributed by atoms with Gasteiger partial charge in [0, 0.05) is 5.69 Å². The summed E-state index contributed by atoms with van der Waals surface area (Å²) in [6.45, 7) is 1.81. The van der Waals surface area contributed by atoms with Crippen LogP contribution in [-0.2, 0) is 0 Å². The second-order valence-electron chi connectivity index (χ2n) is 5.99. The van der Waals surface area contributed by atoms with Crippen molar-refractivity contribution in [3.8, 4) is 5.69 Å². The number of nitrogens with one attached hydrogen (secondary N) is 1. The SMILES string of the molecule is Cc1cc(C(=O)NC2CCCCC2O)nn1-c1cccc(F)c1. The summed E-state index contributed by atoms with van der Waals surface area (Å²) in [5.41, 5.74) is 1.58. The summed E-state index contributed by atoms with van der Waals surface area (Å²) in [6.07, 6.45) is 2.97. The highest BCUT2D eigenvalue weighted by molar-refractivity contribution is 5.92. The van der Waals surface area contributed by atoms with Gasteiger partial charge < -0.3 is 10.4 Å². The van der Waals surface area contributed by atoms with Crippen LogP contribution in [0.1, 0.15) is 41.9 Å². The van der Waals surface area contributed by atoms with Gasteiger partial charge in [-0.15, -0.1) is 0 Å². The van der Waals surface area contributed by atoms with Crippen LogP contribution >= 0.6 is 0 Å². The Morgan fingerprint density at radius 3 is 2.87 bits per heavy atom. The first kappa shape index (κ1) is 15.7. The molecule has 2 unspecified atom stereocenters. The molecule has 2 aromatic rings. The van der Waals surface area contributed by atoms with Gasteiger partial charge in [0.15, 0.2) is 5.69 Å². The highest BCUT2D eigenvalue weighted by Crippen LogP contribution is 2.19. The normalized spacial score (nSPS) is 21.2. The largest absolute Gasteiger partial charge is 0.391 e. The predicted molar refractivity (Wildman–Crippen MR) is 84.0 cm³/mol. The van der Waals surface area contributed by atoms with E-state index in [1.807, 2.05) is 6.92 Å². The van der Waals surface area contributed by atoms with E-state index in [0.717, 1.165) is 25.0 Å². The van der Waals surface area contributed by atoms with E-state index in [2.05, 4.69) is 10.4 Å². The number of nitrogens with zero attached hydrogens (tertiary/aromatic N) is 2. The van der Waals surface area contributed by atoms with Crippen LogP contribution in [-0.4, -0.2) is 32.9 Å². The molecule has 1 fully saturated rings. The number of aliphatic hydroxyl groups is 1. The second kappa shape index (κ2) is 6.50. The minimum absolute atomic E-state index is 0.226. The lowest BCUT2D eigenvalue weighted by molar-refractivity contribution is 0.0713. The van der Waals surface area contributed by atoms with Crippen LogP contribution in [0.2, 0.25) is 0 Å². The molecular formula is C17H20FN3O2. The molecule has 1 heterocycles. The third-order valence-electron chi connectivity index (χ3n) is 4.22. The van der Waals surface area contributed by atoms with Crippen LogP contribution in [0.15, 0.2) is 30.3 Å². The van der Waals surface area contributed by atoms with Crippen molar-refractivity contribution in [3.05, 3.63) is 47.5 Å². The molecule has 0 bridgehead atoms. The Morgan fingerprint density at radius 2 is 2.13 bits per heavy atom. The van der Waals surface area contributed by atoms with Crippen LogP contribution < -0.4 is 5.32 Å². The van der Waals surface area contributed by atoms with Crippen molar-refractivity contribution in [2.75, 3.05) is 0 Å². The van der Waals surface area contributed by atoms with Gasteiger partial charge in [0.25, 0.3) is 5.91 Å². The van der Waals surface area contributed by atoms with Gasteiger partial charge in [-0.3, -0.25) is 4.79 Å². The van der Waals surface area contributed by atoms with Gasteiger partial charge in [-0.05, 0) is 44.0 Å². The first-order chi connectivity index (χ1) is 11.0. The quantitative estimate of drug-likeness (QED) is 0.913. The number of amides is 1. The fourth-order valence-electron chi connectivity index (χ4n) is 2.98. The molecule has 23 heavy (non-hydrogen) atoms. The zero-order chi connectivity index (χ0) is 16.4. The van der Waals surface area contributed by atoms with Gasteiger partial charge in [0.2, 0.25) is 0 Å². The summed E-state index contributed by atoms with van der Waals surface area (Å²) in [5.74, 6) is -0.664. The monoisotopic (exact) mass is 317 g/mol. The van der Waals surface area contributed by atoms with Gasteiger partial charge in [0.1, 0.15) is 5.82 Å². The smallest absolute Gasteiger partial charge is 0.272 e. The lowest BCUT2D eigenvalue weighted by atomic mass is 9.92. The minimum atomic E-state index is -0.501. The average molecular weight is 317 g/mol. The standard InChI is InChI=1S/C17H20FN3O2/c1-11-9-15(17(23)19-14-7-2-3-8-16(14)22)20-21(11)13-6-4-5-12(18)10-13/h4-6,9-10,14,16,22H,2-3,7-8H2,1H3,(H,19,23). The molecule has 2 atom stereocenters. The van der Waals surface area contributed by atoms with Crippen LogP contribution in [0.4, 0.5) is 4.39 Å². The third kappa shape index (κ3) is 3.42. The summed E-state index contributed by atoms with van der Waals surface area (Å²) in [5, 5.41) is 17.1. The van der Waals surface area contributed by atoms with E-state index in [1.54, 1.807) is 18.2 Å². The summed E-state index contributed by atoms with van der Waals surface area (Å²) in [7, 11) is 0. The second-order valence-corrected chi connectivity index (χ2v) is 5.99. The Labute approximate surface area is 134 Å². The van der Waals surface area contributed by atoms with Crippen molar-refractivity contribution in [1.82, 2.24) is 15.1 Å². The Kier molecular flexibility index (Phi) is 4.43. The summed E-state index contributed by atoms with van der Waals surface area (Å²) in [6, 6.07) is 7.50. The number of aryl methyl sites for hydroxylation is 1. The number of hydrogen-bond donors (Lipinski definition) is 2. The molecule has 1 amide bonds. The van der Waals surface area contributed by atoms with Crippen molar-refractivity contribution in [3.63, 3.8) is 0 Å². The van der Waals surface area contributed by atoms with E-state index in [9.17, 15) is 14.3 Å². The molecule has 0 saturated heterocycles. The zero-order valence-electron chi connectivity index (χ0n) is 13.0. The van der Waals surface area contributed by atoms with Gasteiger partial charge in [-0.25, -0.2) is 9.07 Å². The maximum absolute atomic E-state index is 13.4. The highest BCUT2D eigenvalue weighted by Gasteiger charge is 2.25. The van der Waals surface area contributed by atoms with E-state index in [-0.39, 0.29) is 23.5 Å². The van der Waals surface area contributed by atoms with E-state index >= 15 is 0 Å². The number of carbonyl (C=O) groups excluding carboxylic acids is 1. The number of aliphatic hydroxyl groups excluding tert-OH is 1. The van der Waals surface area contributed by atoms with Gasteiger partial charge in [-0.1, -0.05) is 18.9 Å². The third-order valence-corrected chi connectivity index (χ3v) is 4.22. The van der Waals surface area contributed by atoms with Crippen molar-refractivity contribution in [2.45, 2.75) is 44.8 Å². The predicted octanol–water partition coefficient (Wildman–Crippen LogP) is 2.35. The molecule has 1 aliphatic rings. The maximum atomic E-state index is 13.4. The molecule has 1 aromatic carbocycles. The molecule has 1 aliphatic carbocycles. The van der Waals surface area contributed by atoms with E-state index in [4.69, 9.17) is 0 Å². The van der Waals surface area contributed by atoms with Crippen molar-refractivity contribution >= 4 is 5.91 Å². The lowest BCUT2D eigenvalue weighted by Crippen LogP contribution is -2.45. The average Bonchev–Trinajstić information content (AvgIpc) is 2.92. The van der Waals surface area contributed by atoms with Crippen LogP contribution in [0.3, 0.4) is 0 Å². The summed E-state index contributed by atoms with van der Waals surface area (Å²) >= 11 is 0. The molecule has 1 aromatic heterocycles. The molecule has 122 valence electrons. The molecular weight excluding hydrogens is 297 g/mol. The molecule has 3 rings (SSSR count). The molecule has 0 aliphatic heterocycles. The molecule has 6 heteroatoms. The van der Waals surface area contributed by atoms with E-state index < -0.39 is 6.10 Å². The number of hydrogen-bond acceptors (Lipinski definition) is 3. The first-order valence-electron chi connectivity index (χ1n) is 7.86. The van der Waals surface area contributed by atoms with E-state index in [0.29, 0.717) is 12.1 Å². The summed E-state index contributed by atoms with van der Waals surface area (Å²) < 4.78 is 14.9. The first-order valence-corrected chi connectivity index (χ1v) is 7.86. The Hall–Kier alpha value is -2.21. The zero-order valence-corrected chi connectivity index (χ0v) is 13.0. The van der Waals surface area contributed by atoms with Crippen molar-refractivity contribution in [1.29, 1.82) is 0 Å². The van der Waals surface area contributed by atoms with Crippen molar-refractivity contribution < 1.29 is 14.3 Å². The molecule has 2 N–H and O–H groups in total. The van der Waals surface area contributed by atoms with Gasteiger partial charge >= 0.3 is 0 Å². The van der Waals surface area contributed by atoms with Crippen LogP contribution in [0.25, 0.3) is 5.69 Å². The van der Waals surface area contributed by atoms with Crippen molar-refractivity contribution in [2.24, 2.45) is 0 Å². The molecule has 5 nitrogen and oxygen atoms in total.